The van der Waals surface area contributed by atoms with Gasteiger partial charge in [0.15, 0.2) is 0 Å². The monoisotopic (exact) mass is 270 g/mol. The van der Waals surface area contributed by atoms with Gasteiger partial charge in [-0.05, 0) is 25.0 Å². The van der Waals surface area contributed by atoms with Gasteiger partial charge in [0.05, 0.1) is 24.5 Å². The normalized spacial score (nSPS) is 23.6. The van der Waals surface area contributed by atoms with Crippen molar-refractivity contribution in [3.8, 4) is 0 Å². The quantitative estimate of drug-likeness (QED) is 0.830. The van der Waals surface area contributed by atoms with E-state index in [1.54, 1.807) is 22.0 Å². The van der Waals surface area contributed by atoms with Crippen LogP contribution >= 0.6 is 0 Å². The molecule has 6 nitrogen and oxygen atoms in total. The van der Waals surface area contributed by atoms with Gasteiger partial charge in [-0.3, -0.25) is 4.90 Å². The molecule has 3 heterocycles. The van der Waals surface area contributed by atoms with E-state index in [1.165, 1.54) is 11.1 Å². The van der Waals surface area contributed by atoms with Crippen molar-refractivity contribution < 1.29 is 9.53 Å². The molecular formula is C14H14N4O2. The van der Waals surface area contributed by atoms with Crippen LogP contribution in [0.5, 0.6) is 0 Å². The molecule has 102 valence electrons. The van der Waals surface area contributed by atoms with Gasteiger partial charge in [-0.25, -0.2) is 9.48 Å². The van der Waals surface area contributed by atoms with Crippen LogP contribution in [-0.2, 0) is 17.7 Å². The van der Waals surface area contributed by atoms with Gasteiger partial charge in [0.2, 0.25) is 0 Å². The first-order chi connectivity index (χ1) is 9.72. The van der Waals surface area contributed by atoms with Crippen LogP contribution in [0.1, 0.15) is 11.1 Å². The number of anilines is 1. The Kier molecular flexibility index (Phi) is 2.33. The minimum Gasteiger partial charge on any atom is -0.442 e. The number of ether oxygens (including phenoxy) is 1. The van der Waals surface area contributed by atoms with Gasteiger partial charge in [-0.15, -0.1) is 5.10 Å². The van der Waals surface area contributed by atoms with E-state index in [-0.39, 0.29) is 18.2 Å². The molecule has 1 amide bonds. The number of aromatic nitrogens is 3. The van der Waals surface area contributed by atoms with E-state index in [1.807, 2.05) is 12.1 Å². The number of nitrogens with zero attached hydrogens (tertiary/aromatic N) is 4. The molecule has 0 bridgehead atoms. The van der Waals surface area contributed by atoms with Crippen molar-refractivity contribution >= 4 is 11.8 Å². The van der Waals surface area contributed by atoms with Gasteiger partial charge in [-0.1, -0.05) is 22.9 Å². The zero-order valence-corrected chi connectivity index (χ0v) is 11.1. The lowest BCUT2D eigenvalue weighted by Gasteiger charge is -2.16. The molecular weight excluding hydrogens is 256 g/mol. The summed E-state index contributed by atoms with van der Waals surface area (Å²) in [7, 11) is 0. The zero-order chi connectivity index (χ0) is 13.7. The summed E-state index contributed by atoms with van der Waals surface area (Å²) in [5.41, 5.74) is 3.41. The molecule has 1 fully saturated rings. The molecule has 1 unspecified atom stereocenters. The van der Waals surface area contributed by atoms with Crippen LogP contribution in [-0.4, -0.2) is 33.2 Å². The fraction of sp³-hybridized carbons (Fsp3) is 0.357. The Hall–Kier alpha value is -2.37. The summed E-state index contributed by atoms with van der Waals surface area (Å²) in [6, 6.07) is 6.24. The van der Waals surface area contributed by atoms with E-state index in [2.05, 4.69) is 23.3 Å². The second-order valence-electron chi connectivity index (χ2n) is 5.32. The number of hydrogen-bond donors (Lipinski definition) is 0. The number of benzene rings is 1. The molecule has 2 atom stereocenters. The van der Waals surface area contributed by atoms with E-state index < -0.39 is 0 Å². The van der Waals surface area contributed by atoms with Gasteiger partial charge in [-0.2, -0.15) is 0 Å². The predicted octanol–water partition coefficient (Wildman–Crippen LogP) is 1.54. The minimum absolute atomic E-state index is 0.0588. The summed E-state index contributed by atoms with van der Waals surface area (Å²) >= 11 is 0. The van der Waals surface area contributed by atoms with E-state index in [4.69, 9.17) is 4.74 Å². The Morgan fingerprint density at radius 2 is 2.35 bits per heavy atom. The van der Waals surface area contributed by atoms with E-state index >= 15 is 0 Å². The summed E-state index contributed by atoms with van der Waals surface area (Å²) < 4.78 is 7.19. The van der Waals surface area contributed by atoms with Crippen molar-refractivity contribution in [1.82, 2.24) is 15.0 Å². The van der Waals surface area contributed by atoms with Crippen molar-refractivity contribution in [3.05, 3.63) is 41.7 Å². The first-order valence-electron chi connectivity index (χ1n) is 6.66. The Morgan fingerprint density at radius 1 is 1.45 bits per heavy atom. The standard InChI is InChI=1S/C14H14N4O2/c1-9-2-3-11-10(6-9)7-12-13(20-14(19)18(11)12)8-17-5-4-15-16-17/h2-6,12-13H,7-8H2,1H3/t12?,13-/m0/s1. The van der Waals surface area contributed by atoms with Crippen molar-refractivity contribution in [3.63, 3.8) is 0 Å². The molecule has 0 spiro atoms. The fourth-order valence-corrected chi connectivity index (χ4v) is 3.08. The molecule has 2 aliphatic rings. The van der Waals surface area contributed by atoms with Crippen molar-refractivity contribution in [2.75, 3.05) is 4.90 Å². The van der Waals surface area contributed by atoms with Crippen LogP contribution in [0.4, 0.5) is 10.5 Å². The topological polar surface area (TPSA) is 60.2 Å². The first-order valence-corrected chi connectivity index (χ1v) is 6.66. The van der Waals surface area contributed by atoms with Crippen molar-refractivity contribution in [1.29, 1.82) is 0 Å². The number of fused-ring (bicyclic) bond motifs is 3. The highest BCUT2D eigenvalue weighted by molar-refractivity contribution is 5.93. The van der Waals surface area contributed by atoms with Gasteiger partial charge in [0, 0.05) is 6.20 Å². The number of rotatable bonds is 2. The largest absolute Gasteiger partial charge is 0.442 e. The van der Waals surface area contributed by atoms with E-state index in [0.717, 1.165) is 12.1 Å². The highest BCUT2D eigenvalue weighted by Crippen LogP contribution is 2.39. The molecule has 1 aromatic heterocycles. The Labute approximate surface area is 115 Å². The first kappa shape index (κ1) is 11.5. The van der Waals surface area contributed by atoms with E-state index in [9.17, 15) is 4.79 Å². The van der Waals surface area contributed by atoms with Crippen LogP contribution in [0.15, 0.2) is 30.6 Å². The Balaban J connectivity index is 1.65. The van der Waals surface area contributed by atoms with Crippen LogP contribution in [0.3, 0.4) is 0 Å². The number of hydrogen-bond acceptors (Lipinski definition) is 4. The number of carbonyl (C=O) groups is 1. The van der Waals surface area contributed by atoms with Crippen LogP contribution in [0.25, 0.3) is 0 Å². The molecule has 0 saturated carbocycles. The maximum absolute atomic E-state index is 12.1. The maximum atomic E-state index is 12.1. The number of amides is 1. The molecule has 1 aromatic carbocycles. The molecule has 20 heavy (non-hydrogen) atoms. The minimum atomic E-state index is -0.261. The second-order valence-corrected chi connectivity index (χ2v) is 5.32. The third-order valence-electron chi connectivity index (χ3n) is 3.97. The lowest BCUT2D eigenvalue weighted by atomic mass is 10.0. The summed E-state index contributed by atoms with van der Waals surface area (Å²) in [5.74, 6) is 0. The van der Waals surface area contributed by atoms with Crippen LogP contribution in [0.2, 0.25) is 0 Å². The maximum Gasteiger partial charge on any atom is 0.415 e. The summed E-state index contributed by atoms with van der Waals surface area (Å²) in [5, 5.41) is 7.72. The van der Waals surface area contributed by atoms with Gasteiger partial charge in [0.1, 0.15) is 6.10 Å². The molecule has 2 aliphatic heterocycles. The van der Waals surface area contributed by atoms with Crippen LogP contribution in [0, 0.1) is 6.92 Å². The lowest BCUT2D eigenvalue weighted by molar-refractivity contribution is 0.117. The molecule has 0 radical (unpaired) electrons. The number of aryl methyl sites for hydroxylation is 1. The summed E-state index contributed by atoms with van der Waals surface area (Å²) in [6.07, 6.45) is 3.80. The highest BCUT2D eigenvalue weighted by atomic mass is 16.6. The van der Waals surface area contributed by atoms with Gasteiger partial charge >= 0.3 is 6.09 Å². The average Bonchev–Trinajstić information content (AvgIpc) is 3.08. The van der Waals surface area contributed by atoms with Crippen LogP contribution < -0.4 is 4.90 Å². The lowest BCUT2D eigenvalue weighted by Crippen LogP contribution is -2.35. The zero-order valence-electron chi connectivity index (χ0n) is 11.1. The van der Waals surface area contributed by atoms with Crippen molar-refractivity contribution in [2.24, 2.45) is 0 Å². The van der Waals surface area contributed by atoms with Gasteiger partial charge in [0.25, 0.3) is 0 Å². The third-order valence-corrected chi connectivity index (χ3v) is 3.97. The predicted molar refractivity (Wildman–Crippen MR) is 71.4 cm³/mol. The van der Waals surface area contributed by atoms with E-state index in [0.29, 0.717) is 6.54 Å². The molecule has 6 heteroatoms. The second kappa shape index (κ2) is 4.06. The highest BCUT2D eigenvalue weighted by Gasteiger charge is 2.47. The molecule has 4 rings (SSSR count). The number of cyclic esters (lactones) is 1. The Bertz CT molecular complexity index is 668. The molecule has 2 aromatic rings. The SMILES string of the molecule is Cc1ccc2c(c1)CC1[C@H](Cn3ccnn3)OC(=O)N21. The fourth-order valence-electron chi connectivity index (χ4n) is 3.08. The number of carbonyl (C=O) groups excluding carboxylic acids is 1. The molecule has 0 N–H and O–H groups in total. The summed E-state index contributed by atoms with van der Waals surface area (Å²) in [4.78, 5) is 13.9. The average molecular weight is 270 g/mol. The third kappa shape index (κ3) is 1.61. The smallest absolute Gasteiger partial charge is 0.415 e. The van der Waals surface area contributed by atoms with Gasteiger partial charge < -0.3 is 4.74 Å². The Morgan fingerprint density at radius 3 is 3.15 bits per heavy atom. The summed E-state index contributed by atoms with van der Waals surface area (Å²) in [6.45, 7) is 2.61. The molecule has 1 saturated heterocycles. The van der Waals surface area contributed by atoms with Crippen molar-refractivity contribution in [2.45, 2.75) is 32.0 Å². The molecule has 0 aliphatic carbocycles.